The summed E-state index contributed by atoms with van der Waals surface area (Å²) in [4.78, 5) is 12.0. The van der Waals surface area contributed by atoms with Crippen molar-refractivity contribution in [3.8, 4) is 0 Å². The molecule has 0 aromatic carbocycles. The van der Waals surface area contributed by atoms with E-state index in [1.807, 2.05) is 0 Å². The normalized spacial score (nSPS) is 21.3. The third-order valence-electron chi connectivity index (χ3n) is 5.75. The smallest absolute Gasteiger partial charge is 0.191 e. The molecule has 2 aliphatic heterocycles. The first-order valence-corrected chi connectivity index (χ1v) is 12.4. The van der Waals surface area contributed by atoms with Crippen LogP contribution in [0.4, 0.5) is 0 Å². The van der Waals surface area contributed by atoms with E-state index < -0.39 is 0 Å². The van der Waals surface area contributed by atoms with Gasteiger partial charge in [0.15, 0.2) is 5.96 Å². The lowest BCUT2D eigenvalue weighted by Gasteiger charge is -2.30. The lowest BCUT2D eigenvalue weighted by atomic mass is 9.97. The molecule has 1 unspecified atom stereocenters. The highest BCUT2D eigenvalue weighted by Crippen LogP contribution is 2.20. The van der Waals surface area contributed by atoms with Crippen molar-refractivity contribution in [2.24, 2.45) is 16.8 Å². The standard InChI is InChI=1S/C22H39N5O2S/c1-3-23-22(24-8-4-11-28-15-20-7-12-29-16-20)25-13-19-5-9-27(10-6-19)14-21-17-30-18(2)26-21/h17,19-20H,3-16H2,1-2H3,(H2,23,24,25). The van der Waals surface area contributed by atoms with Gasteiger partial charge in [-0.3, -0.25) is 9.89 Å². The molecule has 30 heavy (non-hydrogen) atoms. The van der Waals surface area contributed by atoms with Gasteiger partial charge >= 0.3 is 0 Å². The summed E-state index contributed by atoms with van der Waals surface area (Å²) in [5.41, 5.74) is 1.22. The van der Waals surface area contributed by atoms with Crippen LogP contribution in [0.5, 0.6) is 0 Å². The summed E-state index contributed by atoms with van der Waals surface area (Å²) in [6.45, 7) is 13.5. The molecule has 0 bridgehead atoms. The maximum Gasteiger partial charge on any atom is 0.191 e. The van der Waals surface area contributed by atoms with Crippen molar-refractivity contribution in [3.05, 3.63) is 16.1 Å². The van der Waals surface area contributed by atoms with Crippen molar-refractivity contribution in [2.45, 2.75) is 46.1 Å². The Labute approximate surface area is 185 Å². The summed E-state index contributed by atoms with van der Waals surface area (Å²) in [6, 6.07) is 0. The van der Waals surface area contributed by atoms with E-state index in [4.69, 9.17) is 14.5 Å². The predicted octanol–water partition coefficient (Wildman–Crippen LogP) is 2.66. The fourth-order valence-electron chi connectivity index (χ4n) is 3.95. The molecular formula is C22H39N5O2S. The number of aryl methyl sites for hydroxylation is 1. The number of ether oxygens (including phenoxy) is 2. The van der Waals surface area contributed by atoms with Crippen molar-refractivity contribution in [2.75, 3.05) is 59.2 Å². The van der Waals surface area contributed by atoms with E-state index in [-0.39, 0.29) is 0 Å². The van der Waals surface area contributed by atoms with Gasteiger partial charge in [-0.1, -0.05) is 0 Å². The number of aliphatic imine (C=N–C) groups is 1. The molecule has 2 N–H and O–H groups in total. The summed E-state index contributed by atoms with van der Waals surface area (Å²) >= 11 is 1.74. The quantitative estimate of drug-likeness (QED) is 0.315. The van der Waals surface area contributed by atoms with Crippen LogP contribution in [-0.2, 0) is 16.0 Å². The molecule has 2 fully saturated rings. The molecule has 2 saturated heterocycles. The first kappa shape index (κ1) is 23.4. The Morgan fingerprint density at radius 2 is 2.17 bits per heavy atom. The van der Waals surface area contributed by atoms with Crippen molar-refractivity contribution < 1.29 is 9.47 Å². The first-order valence-electron chi connectivity index (χ1n) is 11.5. The number of hydrogen-bond donors (Lipinski definition) is 2. The Morgan fingerprint density at radius 1 is 1.30 bits per heavy atom. The van der Waals surface area contributed by atoms with Gasteiger partial charge in [-0.15, -0.1) is 11.3 Å². The highest BCUT2D eigenvalue weighted by atomic mass is 32.1. The Bertz CT molecular complexity index is 625. The van der Waals surface area contributed by atoms with Crippen LogP contribution in [-0.4, -0.2) is 75.0 Å². The van der Waals surface area contributed by atoms with Gasteiger partial charge in [0, 0.05) is 50.7 Å². The van der Waals surface area contributed by atoms with Gasteiger partial charge in [-0.25, -0.2) is 4.98 Å². The van der Waals surface area contributed by atoms with Gasteiger partial charge in [0.25, 0.3) is 0 Å². The van der Waals surface area contributed by atoms with Gasteiger partial charge in [0.1, 0.15) is 0 Å². The zero-order valence-corrected chi connectivity index (χ0v) is 19.5. The van der Waals surface area contributed by atoms with Crippen LogP contribution < -0.4 is 10.6 Å². The average Bonchev–Trinajstić information content (AvgIpc) is 3.41. The van der Waals surface area contributed by atoms with Crippen LogP contribution in [0.2, 0.25) is 0 Å². The number of likely N-dealkylation sites (tertiary alicyclic amines) is 1. The summed E-state index contributed by atoms with van der Waals surface area (Å²) in [5.74, 6) is 2.20. The number of guanidine groups is 1. The molecule has 0 saturated carbocycles. The van der Waals surface area contributed by atoms with Gasteiger partial charge in [-0.2, -0.15) is 0 Å². The Hall–Kier alpha value is -1.22. The van der Waals surface area contributed by atoms with Gasteiger partial charge in [-0.05, 0) is 58.5 Å². The number of aromatic nitrogens is 1. The predicted molar refractivity (Wildman–Crippen MR) is 123 cm³/mol. The monoisotopic (exact) mass is 437 g/mol. The number of hydrogen-bond acceptors (Lipinski definition) is 6. The molecule has 0 spiro atoms. The molecule has 1 aromatic heterocycles. The van der Waals surface area contributed by atoms with Crippen LogP contribution in [0.3, 0.4) is 0 Å². The third kappa shape index (κ3) is 8.49. The second-order valence-electron chi connectivity index (χ2n) is 8.38. The lowest BCUT2D eigenvalue weighted by molar-refractivity contribution is 0.0888. The Kier molecular flexibility index (Phi) is 10.4. The topological polar surface area (TPSA) is 71.0 Å². The highest BCUT2D eigenvalue weighted by Gasteiger charge is 2.20. The van der Waals surface area contributed by atoms with E-state index >= 15 is 0 Å². The SMILES string of the molecule is CCNC(=NCC1CCN(Cc2csc(C)n2)CC1)NCCCOCC1CCOC1. The van der Waals surface area contributed by atoms with Gasteiger partial charge in [0.05, 0.1) is 23.9 Å². The second-order valence-corrected chi connectivity index (χ2v) is 9.44. The zero-order valence-electron chi connectivity index (χ0n) is 18.7. The minimum Gasteiger partial charge on any atom is -0.381 e. The van der Waals surface area contributed by atoms with E-state index in [2.05, 4.69) is 39.7 Å². The van der Waals surface area contributed by atoms with E-state index in [0.717, 1.165) is 89.5 Å². The summed E-state index contributed by atoms with van der Waals surface area (Å²) in [6.07, 6.45) is 4.56. The van der Waals surface area contributed by atoms with Crippen LogP contribution in [0, 0.1) is 18.8 Å². The van der Waals surface area contributed by atoms with Gasteiger partial charge < -0.3 is 20.1 Å². The molecular weight excluding hydrogens is 398 g/mol. The van der Waals surface area contributed by atoms with Crippen molar-refractivity contribution in [1.29, 1.82) is 0 Å². The molecule has 1 aromatic rings. The molecule has 170 valence electrons. The molecule has 3 heterocycles. The molecule has 0 radical (unpaired) electrons. The number of nitrogens with zero attached hydrogens (tertiary/aromatic N) is 3. The number of thiazole rings is 1. The van der Waals surface area contributed by atoms with Crippen molar-refractivity contribution >= 4 is 17.3 Å². The third-order valence-corrected chi connectivity index (χ3v) is 6.57. The summed E-state index contributed by atoms with van der Waals surface area (Å²) < 4.78 is 11.2. The number of rotatable bonds is 11. The summed E-state index contributed by atoms with van der Waals surface area (Å²) in [7, 11) is 0. The lowest BCUT2D eigenvalue weighted by Crippen LogP contribution is -2.39. The average molecular weight is 438 g/mol. The molecule has 3 rings (SSSR count). The molecule has 0 amide bonds. The Morgan fingerprint density at radius 3 is 2.87 bits per heavy atom. The minimum absolute atomic E-state index is 0.592. The maximum absolute atomic E-state index is 5.78. The molecule has 2 aliphatic rings. The zero-order chi connectivity index (χ0) is 21.0. The van der Waals surface area contributed by atoms with Crippen molar-refractivity contribution in [3.63, 3.8) is 0 Å². The van der Waals surface area contributed by atoms with Crippen molar-refractivity contribution in [1.82, 2.24) is 20.5 Å². The van der Waals surface area contributed by atoms with Crippen LogP contribution in [0.15, 0.2) is 10.4 Å². The first-order chi connectivity index (χ1) is 14.7. The minimum atomic E-state index is 0.592. The maximum atomic E-state index is 5.78. The van der Waals surface area contributed by atoms with E-state index in [1.54, 1.807) is 11.3 Å². The number of nitrogens with one attached hydrogen (secondary N) is 2. The van der Waals surface area contributed by atoms with Crippen LogP contribution >= 0.6 is 11.3 Å². The molecule has 7 nitrogen and oxygen atoms in total. The highest BCUT2D eigenvalue weighted by molar-refractivity contribution is 7.09. The van der Waals surface area contributed by atoms with Crippen LogP contribution in [0.1, 0.15) is 43.3 Å². The largest absolute Gasteiger partial charge is 0.381 e. The Balaban J connectivity index is 1.28. The molecule has 8 heteroatoms. The van der Waals surface area contributed by atoms with E-state index in [0.29, 0.717) is 11.8 Å². The molecule has 1 atom stereocenters. The van der Waals surface area contributed by atoms with Crippen LogP contribution in [0.25, 0.3) is 0 Å². The van der Waals surface area contributed by atoms with E-state index in [9.17, 15) is 0 Å². The molecule has 0 aliphatic carbocycles. The summed E-state index contributed by atoms with van der Waals surface area (Å²) in [5, 5.41) is 10.2. The fraction of sp³-hybridized carbons (Fsp3) is 0.818. The second kappa shape index (κ2) is 13.2. The fourth-order valence-corrected chi connectivity index (χ4v) is 4.55. The number of piperidine rings is 1. The van der Waals surface area contributed by atoms with E-state index in [1.165, 1.54) is 18.5 Å². The van der Waals surface area contributed by atoms with Gasteiger partial charge in [0.2, 0.25) is 0 Å².